The third-order valence-corrected chi connectivity index (χ3v) is 4.49. The maximum absolute atomic E-state index is 13.0. The number of fused-ring (bicyclic) bond motifs is 1. The first-order chi connectivity index (χ1) is 14.5. The summed E-state index contributed by atoms with van der Waals surface area (Å²) in [5.41, 5.74) is 2.84. The highest BCUT2D eigenvalue weighted by Crippen LogP contribution is 2.24. The van der Waals surface area contributed by atoms with Crippen molar-refractivity contribution in [3.8, 4) is 11.6 Å². The second-order valence-corrected chi connectivity index (χ2v) is 6.80. The van der Waals surface area contributed by atoms with Gasteiger partial charge in [-0.05, 0) is 55.8 Å². The summed E-state index contributed by atoms with van der Waals surface area (Å²) in [6.45, 7) is 4.77. The zero-order chi connectivity index (χ0) is 21.1. The minimum absolute atomic E-state index is 0.220. The van der Waals surface area contributed by atoms with Crippen LogP contribution in [0.5, 0.6) is 11.6 Å². The summed E-state index contributed by atoms with van der Waals surface area (Å²) in [5, 5.41) is 8.01. The molecule has 0 atom stereocenters. The first-order valence-electron chi connectivity index (χ1n) is 9.53. The molecular weight excluding hydrogens is 385 g/mol. The molecular formula is C22H20FN5O2. The molecule has 4 aromatic rings. The third-order valence-electron chi connectivity index (χ3n) is 4.49. The van der Waals surface area contributed by atoms with Crippen molar-refractivity contribution in [2.24, 2.45) is 0 Å². The monoisotopic (exact) mass is 405 g/mol. The minimum atomic E-state index is -0.320. The predicted molar refractivity (Wildman–Crippen MR) is 110 cm³/mol. The number of aromatic nitrogens is 4. The fourth-order valence-corrected chi connectivity index (χ4v) is 3.12. The van der Waals surface area contributed by atoms with Crippen molar-refractivity contribution >= 4 is 16.8 Å². The molecule has 0 fully saturated rings. The van der Waals surface area contributed by atoms with Gasteiger partial charge in [0.1, 0.15) is 17.3 Å². The molecule has 3 heterocycles. The number of nitrogens with zero attached hydrogens (tertiary/aromatic N) is 4. The Hall–Kier alpha value is -3.81. The molecule has 0 aliphatic carbocycles. The van der Waals surface area contributed by atoms with Gasteiger partial charge in [0.25, 0.3) is 5.91 Å². The Labute approximate surface area is 172 Å². The van der Waals surface area contributed by atoms with Gasteiger partial charge in [0, 0.05) is 30.7 Å². The number of halogens is 1. The van der Waals surface area contributed by atoms with E-state index in [4.69, 9.17) is 4.74 Å². The third kappa shape index (κ3) is 4.12. The number of carbonyl (C=O) groups is 1. The Balaban J connectivity index is 1.55. The van der Waals surface area contributed by atoms with Crippen molar-refractivity contribution in [3.05, 3.63) is 77.6 Å². The summed E-state index contributed by atoms with van der Waals surface area (Å²) >= 11 is 0. The van der Waals surface area contributed by atoms with E-state index in [9.17, 15) is 9.18 Å². The van der Waals surface area contributed by atoms with E-state index in [1.807, 2.05) is 26.1 Å². The Kier molecular flexibility index (Phi) is 5.38. The summed E-state index contributed by atoms with van der Waals surface area (Å²) in [7, 11) is 0. The van der Waals surface area contributed by atoms with E-state index in [1.54, 1.807) is 35.3 Å². The molecule has 7 nitrogen and oxygen atoms in total. The number of rotatable bonds is 6. The number of pyridine rings is 2. The molecule has 152 valence electrons. The second kappa shape index (κ2) is 8.28. The molecule has 0 aliphatic heterocycles. The van der Waals surface area contributed by atoms with E-state index >= 15 is 0 Å². The smallest absolute Gasteiger partial charge is 0.270 e. The Morgan fingerprint density at radius 1 is 1.20 bits per heavy atom. The van der Waals surface area contributed by atoms with Gasteiger partial charge in [-0.1, -0.05) is 0 Å². The minimum Gasteiger partial charge on any atom is -0.439 e. The van der Waals surface area contributed by atoms with E-state index in [0.717, 1.165) is 11.1 Å². The number of amides is 1. The van der Waals surface area contributed by atoms with Crippen LogP contribution in [0.2, 0.25) is 0 Å². The van der Waals surface area contributed by atoms with Gasteiger partial charge in [-0.15, -0.1) is 0 Å². The maximum atomic E-state index is 13.0. The van der Waals surface area contributed by atoms with Gasteiger partial charge in [-0.2, -0.15) is 5.10 Å². The number of benzene rings is 1. The normalized spacial score (nSPS) is 10.9. The second-order valence-electron chi connectivity index (χ2n) is 6.80. The van der Waals surface area contributed by atoms with Crippen LogP contribution < -0.4 is 10.1 Å². The Bertz CT molecular complexity index is 1200. The first kappa shape index (κ1) is 19.5. The highest BCUT2D eigenvalue weighted by molar-refractivity contribution is 6.04. The Morgan fingerprint density at radius 3 is 2.73 bits per heavy atom. The number of ether oxygens (including phenoxy) is 1. The zero-order valence-electron chi connectivity index (χ0n) is 16.6. The molecule has 1 amide bonds. The van der Waals surface area contributed by atoms with Gasteiger partial charge in [0.05, 0.1) is 17.4 Å². The number of nitrogens with one attached hydrogen (secondary N) is 1. The average molecular weight is 405 g/mol. The lowest BCUT2D eigenvalue weighted by atomic mass is 10.2. The molecule has 0 spiro atoms. The van der Waals surface area contributed by atoms with Crippen molar-refractivity contribution in [1.82, 2.24) is 25.1 Å². The van der Waals surface area contributed by atoms with Crippen molar-refractivity contribution in [2.75, 3.05) is 6.54 Å². The van der Waals surface area contributed by atoms with Gasteiger partial charge < -0.3 is 10.1 Å². The standard InChI is InChI=1S/C22H20FN5O2/c1-3-24-21(29)20-18-13-28(27-19(18)8-9-25-20)12-15-10-14(2)22(26-11-15)30-17-6-4-16(23)5-7-17/h4-11,13H,3,12H2,1-2H3,(H,24,29). The highest BCUT2D eigenvalue weighted by Gasteiger charge is 2.14. The van der Waals surface area contributed by atoms with Crippen LogP contribution in [0.15, 0.2) is 55.0 Å². The largest absolute Gasteiger partial charge is 0.439 e. The van der Waals surface area contributed by atoms with E-state index in [2.05, 4.69) is 20.4 Å². The summed E-state index contributed by atoms with van der Waals surface area (Å²) in [4.78, 5) is 20.8. The summed E-state index contributed by atoms with van der Waals surface area (Å²) in [6, 6.07) is 9.52. The molecule has 1 N–H and O–H groups in total. The van der Waals surface area contributed by atoms with E-state index in [-0.39, 0.29) is 11.7 Å². The molecule has 0 radical (unpaired) electrons. The van der Waals surface area contributed by atoms with Crippen LogP contribution in [0, 0.1) is 12.7 Å². The van der Waals surface area contributed by atoms with Gasteiger partial charge in [-0.3, -0.25) is 14.5 Å². The molecule has 0 aliphatic rings. The van der Waals surface area contributed by atoms with Crippen molar-refractivity contribution < 1.29 is 13.9 Å². The van der Waals surface area contributed by atoms with Crippen LogP contribution in [0.3, 0.4) is 0 Å². The Morgan fingerprint density at radius 2 is 2.00 bits per heavy atom. The number of hydrogen-bond donors (Lipinski definition) is 1. The lowest BCUT2D eigenvalue weighted by Crippen LogP contribution is -2.23. The van der Waals surface area contributed by atoms with Crippen molar-refractivity contribution in [1.29, 1.82) is 0 Å². The van der Waals surface area contributed by atoms with Gasteiger partial charge in [-0.25, -0.2) is 9.37 Å². The van der Waals surface area contributed by atoms with Crippen LogP contribution in [-0.4, -0.2) is 32.2 Å². The van der Waals surface area contributed by atoms with Gasteiger partial charge in [0.15, 0.2) is 0 Å². The quantitative estimate of drug-likeness (QED) is 0.527. The van der Waals surface area contributed by atoms with E-state index in [0.29, 0.717) is 41.3 Å². The number of hydrogen-bond acceptors (Lipinski definition) is 5. The molecule has 1 aromatic carbocycles. The lowest BCUT2D eigenvalue weighted by Gasteiger charge is -2.09. The summed E-state index contributed by atoms with van der Waals surface area (Å²) in [6.07, 6.45) is 5.10. The van der Waals surface area contributed by atoms with Crippen molar-refractivity contribution in [2.45, 2.75) is 20.4 Å². The van der Waals surface area contributed by atoms with Crippen molar-refractivity contribution in [3.63, 3.8) is 0 Å². The van der Waals surface area contributed by atoms with E-state index < -0.39 is 0 Å². The summed E-state index contributed by atoms with van der Waals surface area (Å²) < 4.78 is 20.5. The molecule has 8 heteroatoms. The van der Waals surface area contributed by atoms with Gasteiger partial charge >= 0.3 is 0 Å². The molecule has 30 heavy (non-hydrogen) atoms. The molecule has 4 rings (SSSR count). The SMILES string of the molecule is CCNC(=O)c1nccc2nn(Cc3cnc(Oc4ccc(F)cc4)c(C)c3)cc12. The molecule has 0 bridgehead atoms. The first-order valence-corrected chi connectivity index (χ1v) is 9.53. The fourth-order valence-electron chi connectivity index (χ4n) is 3.12. The molecule has 0 saturated heterocycles. The van der Waals surface area contributed by atoms with E-state index in [1.165, 1.54) is 12.1 Å². The van der Waals surface area contributed by atoms with Crippen LogP contribution in [0.1, 0.15) is 28.5 Å². The number of aryl methyl sites for hydroxylation is 1. The van der Waals surface area contributed by atoms with Crippen LogP contribution in [0.4, 0.5) is 4.39 Å². The van der Waals surface area contributed by atoms with Crippen LogP contribution in [0.25, 0.3) is 10.9 Å². The molecule has 0 unspecified atom stereocenters. The predicted octanol–water partition coefficient (Wildman–Crippen LogP) is 3.86. The molecule has 3 aromatic heterocycles. The summed E-state index contributed by atoms with van der Waals surface area (Å²) in [5.74, 6) is 0.434. The van der Waals surface area contributed by atoms with Crippen LogP contribution in [-0.2, 0) is 6.54 Å². The number of carbonyl (C=O) groups excluding carboxylic acids is 1. The molecule has 0 saturated carbocycles. The topological polar surface area (TPSA) is 81.9 Å². The van der Waals surface area contributed by atoms with Crippen LogP contribution >= 0.6 is 0 Å². The highest BCUT2D eigenvalue weighted by atomic mass is 19.1. The average Bonchev–Trinajstić information content (AvgIpc) is 3.14. The van der Waals surface area contributed by atoms with Gasteiger partial charge in [0.2, 0.25) is 5.88 Å². The maximum Gasteiger partial charge on any atom is 0.270 e. The lowest BCUT2D eigenvalue weighted by molar-refractivity contribution is 0.0952. The fraction of sp³-hybridized carbons (Fsp3) is 0.182. The zero-order valence-corrected chi connectivity index (χ0v) is 16.6.